The first-order valence-electron chi connectivity index (χ1n) is 5.68. The molecule has 1 aromatic rings. The summed E-state index contributed by atoms with van der Waals surface area (Å²) in [6.07, 6.45) is 0. The fourth-order valence-corrected chi connectivity index (χ4v) is 1.40. The molecule has 0 saturated heterocycles. The normalized spacial score (nSPS) is 15.3. The van der Waals surface area contributed by atoms with Crippen molar-refractivity contribution in [1.82, 2.24) is 0 Å². The molecule has 1 aromatic carbocycles. The number of carboxylic acid groups (broad SMARTS) is 1. The monoisotopic (exact) mass is 236 g/mol. The quantitative estimate of drug-likeness (QED) is 0.873. The number of benzene rings is 1. The van der Waals surface area contributed by atoms with Crippen LogP contribution in [0, 0.1) is 5.41 Å². The van der Waals surface area contributed by atoms with Gasteiger partial charge >= 0.3 is 5.97 Å². The van der Waals surface area contributed by atoms with Crippen molar-refractivity contribution in [3.63, 3.8) is 0 Å². The third-order valence-electron chi connectivity index (χ3n) is 3.21. The number of carboxylic acids is 1. The topological polar surface area (TPSA) is 46.5 Å². The molecule has 1 atom stereocenters. The van der Waals surface area contributed by atoms with E-state index in [0.29, 0.717) is 6.61 Å². The predicted molar refractivity (Wildman–Crippen MR) is 66.7 cm³/mol. The lowest BCUT2D eigenvalue weighted by Gasteiger charge is -2.37. The number of carbonyl (C=O) groups is 1. The Morgan fingerprint density at radius 2 is 1.71 bits per heavy atom. The van der Waals surface area contributed by atoms with Crippen LogP contribution in [0.4, 0.5) is 0 Å². The predicted octanol–water partition coefficient (Wildman–Crippen LogP) is 3.09. The van der Waals surface area contributed by atoms with Crippen molar-refractivity contribution >= 4 is 5.97 Å². The summed E-state index contributed by atoms with van der Waals surface area (Å²) in [6.45, 7) is 7.53. The highest BCUT2D eigenvalue weighted by Gasteiger charge is 2.45. The van der Waals surface area contributed by atoms with E-state index in [9.17, 15) is 9.90 Å². The van der Waals surface area contributed by atoms with Crippen molar-refractivity contribution in [2.24, 2.45) is 5.41 Å². The van der Waals surface area contributed by atoms with E-state index in [2.05, 4.69) is 0 Å². The van der Waals surface area contributed by atoms with Gasteiger partial charge in [0.15, 0.2) is 5.60 Å². The van der Waals surface area contributed by atoms with Crippen LogP contribution in [0.25, 0.3) is 0 Å². The number of ether oxygens (including phenoxy) is 1. The fraction of sp³-hybridized carbons (Fsp3) is 0.500. The molecule has 0 unspecified atom stereocenters. The van der Waals surface area contributed by atoms with Gasteiger partial charge in [-0.3, -0.25) is 0 Å². The van der Waals surface area contributed by atoms with Crippen molar-refractivity contribution < 1.29 is 14.6 Å². The molecule has 3 heteroatoms. The molecule has 94 valence electrons. The van der Waals surface area contributed by atoms with Gasteiger partial charge in [0, 0.05) is 5.41 Å². The van der Waals surface area contributed by atoms with Gasteiger partial charge in [0.25, 0.3) is 0 Å². The third kappa shape index (κ3) is 3.07. The maximum absolute atomic E-state index is 11.4. The van der Waals surface area contributed by atoms with E-state index in [1.807, 2.05) is 51.1 Å². The molecule has 0 aliphatic carbocycles. The van der Waals surface area contributed by atoms with Crippen LogP contribution in [0.15, 0.2) is 30.3 Å². The molecule has 0 amide bonds. The Kier molecular flexibility index (Phi) is 3.94. The molecule has 1 rings (SSSR count). The Labute approximate surface area is 102 Å². The van der Waals surface area contributed by atoms with E-state index in [4.69, 9.17) is 4.74 Å². The molecule has 0 aliphatic rings. The standard InChI is InChI=1S/C14H20O3/c1-13(2,3)14(4,12(15)16)17-10-11-8-6-5-7-9-11/h5-9H,10H2,1-4H3,(H,15,16)/t14-/m1/s1. The maximum Gasteiger partial charge on any atom is 0.336 e. The summed E-state index contributed by atoms with van der Waals surface area (Å²) in [5.41, 5.74) is -0.680. The molecular formula is C14H20O3. The van der Waals surface area contributed by atoms with Crippen molar-refractivity contribution in [2.45, 2.75) is 39.9 Å². The van der Waals surface area contributed by atoms with Crippen LogP contribution in [-0.4, -0.2) is 16.7 Å². The molecule has 0 spiro atoms. The van der Waals surface area contributed by atoms with Crippen molar-refractivity contribution in [1.29, 1.82) is 0 Å². The average molecular weight is 236 g/mol. The summed E-state index contributed by atoms with van der Waals surface area (Å²) in [4.78, 5) is 11.4. The molecule has 0 aromatic heterocycles. The lowest BCUT2D eigenvalue weighted by Crippen LogP contribution is -2.49. The van der Waals surface area contributed by atoms with Crippen LogP contribution in [0.3, 0.4) is 0 Å². The van der Waals surface area contributed by atoms with Gasteiger partial charge in [-0.1, -0.05) is 51.1 Å². The SMILES string of the molecule is CC(C)(C)[C@](C)(OCc1ccccc1)C(=O)O. The van der Waals surface area contributed by atoms with Gasteiger partial charge in [-0.25, -0.2) is 4.79 Å². The number of hydrogen-bond donors (Lipinski definition) is 1. The van der Waals surface area contributed by atoms with Gasteiger partial charge in [0.2, 0.25) is 0 Å². The van der Waals surface area contributed by atoms with E-state index in [-0.39, 0.29) is 0 Å². The average Bonchev–Trinajstić information content (AvgIpc) is 2.25. The molecule has 0 heterocycles. The Morgan fingerprint density at radius 1 is 1.18 bits per heavy atom. The highest BCUT2D eigenvalue weighted by Crippen LogP contribution is 2.34. The van der Waals surface area contributed by atoms with Gasteiger partial charge in [-0.15, -0.1) is 0 Å². The molecule has 0 saturated carbocycles. The van der Waals surface area contributed by atoms with E-state index in [0.717, 1.165) is 5.56 Å². The van der Waals surface area contributed by atoms with Crippen LogP contribution in [0.2, 0.25) is 0 Å². The Morgan fingerprint density at radius 3 is 2.12 bits per heavy atom. The highest BCUT2D eigenvalue weighted by atomic mass is 16.5. The summed E-state index contributed by atoms with van der Waals surface area (Å²) in [7, 11) is 0. The number of rotatable bonds is 4. The zero-order valence-electron chi connectivity index (χ0n) is 10.9. The van der Waals surface area contributed by atoms with Crippen LogP contribution < -0.4 is 0 Å². The Bertz CT molecular complexity index is 378. The maximum atomic E-state index is 11.4. The van der Waals surface area contributed by atoms with Crippen molar-refractivity contribution in [3.05, 3.63) is 35.9 Å². The first-order chi connectivity index (χ1) is 7.77. The lowest BCUT2D eigenvalue weighted by atomic mass is 9.77. The Balaban J connectivity index is 2.80. The molecule has 1 N–H and O–H groups in total. The molecular weight excluding hydrogens is 216 g/mol. The van der Waals surface area contributed by atoms with Gasteiger partial charge in [0.05, 0.1) is 6.61 Å². The number of aliphatic carboxylic acids is 1. The second kappa shape index (κ2) is 4.88. The van der Waals surface area contributed by atoms with Gasteiger partial charge in [0.1, 0.15) is 0 Å². The minimum Gasteiger partial charge on any atom is -0.479 e. The lowest BCUT2D eigenvalue weighted by molar-refractivity contribution is -0.182. The van der Waals surface area contributed by atoms with Gasteiger partial charge < -0.3 is 9.84 Å². The third-order valence-corrected chi connectivity index (χ3v) is 3.21. The molecule has 0 radical (unpaired) electrons. The highest BCUT2D eigenvalue weighted by molar-refractivity contribution is 5.78. The first-order valence-corrected chi connectivity index (χ1v) is 5.68. The first kappa shape index (κ1) is 13.7. The zero-order chi connectivity index (χ0) is 13.1. The van der Waals surface area contributed by atoms with Crippen LogP contribution in [-0.2, 0) is 16.1 Å². The van der Waals surface area contributed by atoms with E-state index < -0.39 is 17.0 Å². The summed E-state index contributed by atoms with van der Waals surface area (Å²) in [6, 6.07) is 9.58. The van der Waals surface area contributed by atoms with Crippen LogP contribution >= 0.6 is 0 Å². The van der Waals surface area contributed by atoms with Gasteiger partial charge in [-0.05, 0) is 12.5 Å². The fourth-order valence-electron chi connectivity index (χ4n) is 1.40. The summed E-state index contributed by atoms with van der Waals surface area (Å²) in [5, 5.41) is 9.32. The molecule has 0 aliphatic heterocycles. The second-order valence-corrected chi connectivity index (χ2v) is 5.36. The van der Waals surface area contributed by atoms with Crippen molar-refractivity contribution in [2.75, 3.05) is 0 Å². The minimum absolute atomic E-state index is 0.306. The largest absolute Gasteiger partial charge is 0.479 e. The van der Waals surface area contributed by atoms with Crippen LogP contribution in [0.5, 0.6) is 0 Å². The second-order valence-electron chi connectivity index (χ2n) is 5.36. The van der Waals surface area contributed by atoms with E-state index in [1.54, 1.807) is 6.92 Å². The van der Waals surface area contributed by atoms with Crippen molar-refractivity contribution in [3.8, 4) is 0 Å². The molecule has 0 bridgehead atoms. The van der Waals surface area contributed by atoms with E-state index >= 15 is 0 Å². The smallest absolute Gasteiger partial charge is 0.336 e. The summed E-state index contributed by atoms with van der Waals surface area (Å²) >= 11 is 0. The molecule has 3 nitrogen and oxygen atoms in total. The zero-order valence-corrected chi connectivity index (χ0v) is 10.9. The molecule has 0 fully saturated rings. The Hall–Kier alpha value is -1.35. The van der Waals surface area contributed by atoms with Gasteiger partial charge in [-0.2, -0.15) is 0 Å². The van der Waals surface area contributed by atoms with E-state index in [1.165, 1.54) is 0 Å². The summed E-state index contributed by atoms with van der Waals surface area (Å²) in [5.74, 6) is -0.930. The van der Waals surface area contributed by atoms with Crippen LogP contribution in [0.1, 0.15) is 33.3 Å². The molecule has 17 heavy (non-hydrogen) atoms. The summed E-state index contributed by atoms with van der Waals surface area (Å²) < 4.78 is 5.64. The minimum atomic E-state index is -1.19. The number of hydrogen-bond acceptors (Lipinski definition) is 2.